The number of hydrogen-bond donors (Lipinski definition) is 4. The van der Waals surface area contributed by atoms with Crippen LogP contribution in [0, 0.1) is 12.3 Å². The van der Waals surface area contributed by atoms with Gasteiger partial charge in [0.25, 0.3) is 0 Å². The minimum Gasteiger partial charge on any atom is -0.465 e. The number of carbonyl (C=O) groups excluding carboxylic acids is 2. The van der Waals surface area contributed by atoms with E-state index in [-0.39, 0.29) is 18.5 Å². The van der Waals surface area contributed by atoms with Crippen molar-refractivity contribution in [2.75, 3.05) is 6.54 Å². The lowest BCUT2D eigenvalue weighted by Crippen LogP contribution is -2.58. The van der Waals surface area contributed by atoms with E-state index in [1.54, 1.807) is 33.2 Å². The summed E-state index contributed by atoms with van der Waals surface area (Å²) in [6, 6.07) is 0.515. The maximum atomic E-state index is 14.0. The molecule has 4 atom stereocenters. The summed E-state index contributed by atoms with van der Waals surface area (Å²) in [5.74, 6) is -1.91. The predicted octanol–water partition coefficient (Wildman–Crippen LogP) is 3.48. The van der Waals surface area contributed by atoms with Crippen LogP contribution >= 0.6 is 11.3 Å². The third kappa shape index (κ3) is 6.58. The lowest BCUT2D eigenvalue weighted by atomic mass is 9.85. The maximum Gasteiger partial charge on any atom is 0.412 e. The van der Waals surface area contributed by atoms with E-state index in [2.05, 4.69) is 10.3 Å². The Hall–Kier alpha value is -3.19. The Bertz CT molecular complexity index is 1150. The van der Waals surface area contributed by atoms with Gasteiger partial charge >= 0.3 is 12.3 Å². The van der Waals surface area contributed by atoms with Crippen molar-refractivity contribution in [1.29, 1.82) is 0 Å². The molecule has 1 saturated heterocycles. The van der Waals surface area contributed by atoms with Gasteiger partial charge in [0.15, 0.2) is 6.04 Å². The van der Waals surface area contributed by atoms with Crippen molar-refractivity contribution < 1.29 is 37.8 Å². The van der Waals surface area contributed by atoms with Gasteiger partial charge < -0.3 is 25.7 Å². The summed E-state index contributed by atoms with van der Waals surface area (Å²) in [6.45, 7) is 6.28. The van der Waals surface area contributed by atoms with Crippen molar-refractivity contribution in [3.8, 4) is 10.4 Å². The second-order valence-electron chi connectivity index (χ2n) is 10.0. The number of halogens is 3. The van der Waals surface area contributed by atoms with E-state index in [4.69, 9.17) is 5.11 Å². The number of hydrogen-bond acceptors (Lipinski definition) is 6. The van der Waals surface area contributed by atoms with Crippen LogP contribution in [0.2, 0.25) is 0 Å². The SMILES string of the molecule is Cc1ncsc1-c1ccc(C(NC(=O)[C@@H]2C[C@@H](O)CN2C(=O)C(NC(=O)O)C(C)(C)C)C(F)(F)F)cc1. The lowest BCUT2D eigenvalue weighted by Gasteiger charge is -2.35. The van der Waals surface area contributed by atoms with E-state index in [0.29, 0.717) is 5.56 Å². The van der Waals surface area contributed by atoms with E-state index >= 15 is 0 Å². The fourth-order valence-electron chi connectivity index (χ4n) is 4.24. The Kier molecular flexibility index (Phi) is 8.18. The number of aryl methyl sites for hydroxylation is 1. The van der Waals surface area contributed by atoms with Crippen LogP contribution in [0.4, 0.5) is 18.0 Å². The second kappa shape index (κ2) is 10.7. The number of benzene rings is 1. The van der Waals surface area contributed by atoms with Crippen molar-refractivity contribution in [2.45, 2.75) is 64.5 Å². The standard InChI is InChI=1S/C24H29F3N4O5S/c1-12-17(37-11-28-12)13-5-7-14(8-6-13)18(24(25,26)27)29-20(33)16-9-15(32)10-31(16)21(34)19(23(2,3)4)30-22(35)36/h5-8,11,15-16,18-19,30,32H,9-10H2,1-4H3,(H,29,33)(H,35,36)/t15-,16+,18?,19?/m1/s1. The Balaban J connectivity index is 1.85. The number of aromatic nitrogens is 1. The molecule has 4 N–H and O–H groups in total. The monoisotopic (exact) mass is 542 g/mol. The number of nitrogens with one attached hydrogen (secondary N) is 2. The summed E-state index contributed by atoms with van der Waals surface area (Å²) in [7, 11) is 0. The highest BCUT2D eigenvalue weighted by Crippen LogP contribution is 2.35. The van der Waals surface area contributed by atoms with E-state index < -0.39 is 53.7 Å². The Morgan fingerprint density at radius 1 is 1.14 bits per heavy atom. The molecule has 13 heteroatoms. The van der Waals surface area contributed by atoms with Crippen LogP contribution in [0.25, 0.3) is 10.4 Å². The topological polar surface area (TPSA) is 132 Å². The first-order valence-corrected chi connectivity index (χ1v) is 12.3. The first-order valence-electron chi connectivity index (χ1n) is 11.4. The van der Waals surface area contributed by atoms with Crippen molar-refractivity contribution in [1.82, 2.24) is 20.5 Å². The van der Waals surface area contributed by atoms with E-state index in [1.165, 1.54) is 35.6 Å². The molecule has 0 radical (unpaired) electrons. The lowest BCUT2D eigenvalue weighted by molar-refractivity contribution is -0.165. The van der Waals surface area contributed by atoms with E-state index in [1.807, 2.05) is 5.32 Å². The van der Waals surface area contributed by atoms with Gasteiger partial charge in [-0.25, -0.2) is 9.78 Å². The molecule has 0 aliphatic carbocycles. The minimum absolute atomic E-state index is 0.205. The average Bonchev–Trinajstić information content (AvgIpc) is 3.39. The van der Waals surface area contributed by atoms with Gasteiger partial charge in [0.1, 0.15) is 12.1 Å². The summed E-state index contributed by atoms with van der Waals surface area (Å²) in [5, 5.41) is 23.4. The zero-order valence-corrected chi connectivity index (χ0v) is 21.5. The molecule has 3 amide bonds. The molecule has 2 heterocycles. The highest BCUT2D eigenvalue weighted by molar-refractivity contribution is 7.13. The van der Waals surface area contributed by atoms with Gasteiger partial charge in [0, 0.05) is 13.0 Å². The molecule has 9 nitrogen and oxygen atoms in total. The normalized spacial score (nSPS) is 19.8. The zero-order chi connectivity index (χ0) is 27.7. The van der Waals surface area contributed by atoms with Crippen LogP contribution < -0.4 is 10.6 Å². The number of carboxylic acid groups (broad SMARTS) is 1. The molecular formula is C24H29F3N4O5S. The van der Waals surface area contributed by atoms with Crippen LogP contribution in [0.15, 0.2) is 29.8 Å². The van der Waals surface area contributed by atoms with E-state index in [9.17, 15) is 32.7 Å². The molecule has 1 aliphatic heterocycles. The molecule has 2 aromatic rings. The molecule has 1 aromatic carbocycles. The van der Waals surface area contributed by atoms with Crippen LogP contribution in [-0.4, -0.2) is 68.9 Å². The zero-order valence-electron chi connectivity index (χ0n) is 20.7. The highest BCUT2D eigenvalue weighted by atomic mass is 32.1. The van der Waals surface area contributed by atoms with Crippen molar-refractivity contribution >= 4 is 29.2 Å². The van der Waals surface area contributed by atoms with Gasteiger partial charge in [-0.2, -0.15) is 13.2 Å². The molecule has 0 saturated carbocycles. The number of likely N-dealkylation sites (tertiary alicyclic amines) is 1. The summed E-state index contributed by atoms with van der Waals surface area (Å²) in [5.41, 5.74) is 1.95. The third-order valence-electron chi connectivity index (χ3n) is 6.11. The second-order valence-corrected chi connectivity index (χ2v) is 10.9. The van der Waals surface area contributed by atoms with Gasteiger partial charge in [-0.1, -0.05) is 45.0 Å². The number of alkyl halides is 3. The van der Waals surface area contributed by atoms with Crippen LogP contribution in [0.1, 0.15) is 44.5 Å². The molecule has 0 bridgehead atoms. The molecule has 1 fully saturated rings. The van der Waals surface area contributed by atoms with Crippen molar-refractivity contribution in [3.05, 3.63) is 41.0 Å². The summed E-state index contributed by atoms with van der Waals surface area (Å²) in [4.78, 5) is 43.4. The molecular weight excluding hydrogens is 513 g/mol. The largest absolute Gasteiger partial charge is 0.465 e. The van der Waals surface area contributed by atoms with Crippen LogP contribution in [-0.2, 0) is 9.59 Å². The van der Waals surface area contributed by atoms with Gasteiger partial charge in [0.05, 0.1) is 22.2 Å². The summed E-state index contributed by atoms with van der Waals surface area (Å²) in [6.07, 6.45) is -7.75. The molecule has 0 spiro atoms. The van der Waals surface area contributed by atoms with Crippen LogP contribution in [0.5, 0.6) is 0 Å². The fraction of sp³-hybridized carbons (Fsp3) is 0.500. The number of β-amino-alcohol motifs (C(OH)–C–C–N with tert-alkyl or cyclic N) is 1. The highest BCUT2D eigenvalue weighted by Gasteiger charge is 2.47. The number of carbonyl (C=O) groups is 3. The number of thiazole rings is 1. The number of aliphatic hydroxyl groups is 1. The smallest absolute Gasteiger partial charge is 0.412 e. The first-order chi connectivity index (χ1) is 17.1. The van der Waals surface area contributed by atoms with E-state index in [0.717, 1.165) is 15.5 Å². The Labute approximate surface area is 215 Å². The third-order valence-corrected chi connectivity index (χ3v) is 7.09. The summed E-state index contributed by atoms with van der Waals surface area (Å²) >= 11 is 1.35. The molecule has 2 unspecified atom stereocenters. The molecule has 1 aromatic heterocycles. The number of amides is 3. The van der Waals surface area contributed by atoms with Gasteiger partial charge in [-0.05, 0) is 23.5 Å². The first kappa shape index (κ1) is 28.4. The van der Waals surface area contributed by atoms with Crippen molar-refractivity contribution in [2.24, 2.45) is 5.41 Å². The quantitative estimate of drug-likeness (QED) is 0.442. The predicted molar refractivity (Wildman–Crippen MR) is 130 cm³/mol. The number of nitrogens with zero attached hydrogens (tertiary/aromatic N) is 2. The molecule has 37 heavy (non-hydrogen) atoms. The van der Waals surface area contributed by atoms with Gasteiger partial charge in [-0.3, -0.25) is 9.59 Å². The number of aliphatic hydroxyl groups excluding tert-OH is 1. The van der Waals surface area contributed by atoms with Gasteiger partial charge in [0.2, 0.25) is 11.8 Å². The number of rotatable bonds is 6. The maximum absolute atomic E-state index is 14.0. The van der Waals surface area contributed by atoms with Gasteiger partial charge in [-0.15, -0.1) is 11.3 Å². The molecule has 3 rings (SSSR count). The Morgan fingerprint density at radius 3 is 2.24 bits per heavy atom. The van der Waals surface area contributed by atoms with Crippen LogP contribution in [0.3, 0.4) is 0 Å². The fourth-order valence-corrected chi connectivity index (χ4v) is 5.05. The minimum atomic E-state index is -4.84. The summed E-state index contributed by atoms with van der Waals surface area (Å²) < 4.78 is 42.1. The van der Waals surface area contributed by atoms with Crippen molar-refractivity contribution in [3.63, 3.8) is 0 Å². The average molecular weight is 543 g/mol. The molecule has 1 aliphatic rings. The molecule has 202 valence electrons. The Morgan fingerprint density at radius 2 is 1.76 bits per heavy atom.